The van der Waals surface area contributed by atoms with E-state index in [9.17, 15) is 13.9 Å². The molecule has 18 heavy (non-hydrogen) atoms. The van der Waals surface area contributed by atoms with E-state index in [1.807, 2.05) is 0 Å². The van der Waals surface area contributed by atoms with Gasteiger partial charge in [-0.25, -0.2) is 8.78 Å². The molecule has 0 aliphatic heterocycles. The van der Waals surface area contributed by atoms with Crippen LogP contribution in [-0.2, 0) is 6.54 Å². The second-order valence-corrected chi connectivity index (χ2v) is 4.82. The monoisotopic (exact) mass is 316 g/mol. The van der Waals surface area contributed by atoms with Gasteiger partial charge in [0.1, 0.15) is 17.7 Å². The predicted octanol–water partition coefficient (Wildman–Crippen LogP) is 2.97. The van der Waals surface area contributed by atoms with Crippen LogP contribution in [0.25, 0.3) is 0 Å². The summed E-state index contributed by atoms with van der Waals surface area (Å²) in [4.78, 5) is 0. The molecule has 1 heterocycles. The molecule has 0 fully saturated rings. The lowest BCUT2D eigenvalue weighted by Crippen LogP contribution is -2.11. The lowest BCUT2D eigenvalue weighted by atomic mass is 10.1. The molecule has 0 aliphatic rings. The van der Waals surface area contributed by atoms with Gasteiger partial charge in [-0.3, -0.25) is 4.68 Å². The number of nitrogens with zero attached hydrogens (tertiary/aromatic N) is 2. The van der Waals surface area contributed by atoms with Crippen molar-refractivity contribution in [1.82, 2.24) is 9.78 Å². The number of halogens is 3. The molecule has 0 aliphatic carbocycles. The lowest BCUT2D eigenvalue weighted by Gasteiger charge is -2.12. The van der Waals surface area contributed by atoms with Gasteiger partial charge in [0.25, 0.3) is 0 Å². The van der Waals surface area contributed by atoms with Crippen LogP contribution in [0.5, 0.6) is 0 Å². The fourth-order valence-electron chi connectivity index (χ4n) is 1.63. The van der Waals surface area contributed by atoms with Gasteiger partial charge in [0, 0.05) is 11.8 Å². The molecule has 0 bridgehead atoms. The number of hydrogen-bond acceptors (Lipinski definition) is 2. The van der Waals surface area contributed by atoms with Crippen molar-refractivity contribution in [2.24, 2.45) is 0 Å². The molecular weight excluding hydrogens is 306 g/mol. The van der Waals surface area contributed by atoms with E-state index in [2.05, 4.69) is 21.0 Å². The molecule has 1 N–H and O–H groups in total. The molecule has 6 heteroatoms. The first-order chi connectivity index (χ1) is 8.47. The highest BCUT2D eigenvalue weighted by molar-refractivity contribution is 9.10. The van der Waals surface area contributed by atoms with Gasteiger partial charge >= 0.3 is 0 Å². The third-order valence-electron chi connectivity index (χ3n) is 2.56. The van der Waals surface area contributed by atoms with Gasteiger partial charge in [0.15, 0.2) is 0 Å². The Kier molecular flexibility index (Phi) is 3.77. The molecule has 0 radical (unpaired) electrons. The number of aliphatic hydroxyl groups excluding tert-OH is 1. The van der Waals surface area contributed by atoms with Gasteiger partial charge < -0.3 is 5.11 Å². The summed E-state index contributed by atoms with van der Waals surface area (Å²) in [6.07, 6.45) is 0.530. The third-order valence-corrected chi connectivity index (χ3v) is 3.34. The van der Waals surface area contributed by atoms with Crippen LogP contribution in [0.2, 0.25) is 0 Å². The van der Waals surface area contributed by atoms with Crippen molar-refractivity contribution in [3.05, 3.63) is 51.8 Å². The Hall–Kier alpha value is -1.27. The predicted molar refractivity (Wildman–Crippen MR) is 66.0 cm³/mol. The second-order valence-electron chi connectivity index (χ2n) is 3.97. The van der Waals surface area contributed by atoms with Crippen molar-refractivity contribution >= 4 is 15.9 Å². The zero-order valence-corrected chi connectivity index (χ0v) is 11.2. The summed E-state index contributed by atoms with van der Waals surface area (Å²) in [5.41, 5.74) is 0.696. The van der Waals surface area contributed by atoms with Gasteiger partial charge in [-0.05, 0) is 41.1 Å². The third kappa shape index (κ3) is 2.76. The van der Waals surface area contributed by atoms with E-state index in [1.165, 1.54) is 4.68 Å². The zero-order chi connectivity index (χ0) is 13.3. The maximum Gasteiger partial charge on any atom is 0.129 e. The number of benzene rings is 1. The van der Waals surface area contributed by atoms with Gasteiger partial charge in [0.2, 0.25) is 0 Å². The van der Waals surface area contributed by atoms with E-state index in [1.54, 1.807) is 13.1 Å². The quantitative estimate of drug-likeness (QED) is 0.945. The minimum atomic E-state index is -1.15. The smallest absolute Gasteiger partial charge is 0.129 e. The number of hydrogen-bond donors (Lipinski definition) is 1. The first kappa shape index (κ1) is 13.2. The maximum absolute atomic E-state index is 13.4. The van der Waals surface area contributed by atoms with Gasteiger partial charge in [0.05, 0.1) is 16.7 Å². The van der Waals surface area contributed by atoms with Crippen LogP contribution in [-0.4, -0.2) is 14.9 Å². The molecule has 2 aromatic rings. The van der Waals surface area contributed by atoms with Crippen LogP contribution < -0.4 is 0 Å². The Balaban J connectivity index is 2.21. The molecule has 0 spiro atoms. The summed E-state index contributed by atoms with van der Waals surface area (Å²) >= 11 is 3.29. The highest BCUT2D eigenvalue weighted by atomic mass is 79.9. The molecule has 2 rings (SSSR count). The standard InChI is InChI=1S/C12H11BrF2N2O/c1-7-10(13)5-17(16-7)6-12(18)9-4-8(14)2-3-11(9)15/h2-5,12,18H,6H2,1H3. The summed E-state index contributed by atoms with van der Waals surface area (Å²) in [5.74, 6) is -1.21. The minimum absolute atomic E-state index is 0.0623. The molecule has 1 unspecified atom stereocenters. The number of aromatic nitrogens is 2. The van der Waals surface area contributed by atoms with E-state index in [0.717, 1.165) is 28.4 Å². The normalized spacial score (nSPS) is 12.7. The number of aliphatic hydroxyl groups is 1. The molecule has 3 nitrogen and oxygen atoms in total. The van der Waals surface area contributed by atoms with Gasteiger partial charge in [-0.1, -0.05) is 0 Å². The van der Waals surface area contributed by atoms with E-state index < -0.39 is 17.7 Å². The van der Waals surface area contributed by atoms with Gasteiger partial charge in [-0.2, -0.15) is 5.10 Å². The summed E-state index contributed by atoms with van der Waals surface area (Å²) < 4.78 is 28.7. The maximum atomic E-state index is 13.4. The fraction of sp³-hybridized carbons (Fsp3) is 0.250. The first-order valence-electron chi connectivity index (χ1n) is 5.30. The van der Waals surface area contributed by atoms with Crippen molar-refractivity contribution in [3.8, 4) is 0 Å². The highest BCUT2D eigenvalue weighted by Crippen LogP contribution is 2.21. The van der Waals surface area contributed by atoms with Crippen molar-refractivity contribution < 1.29 is 13.9 Å². The molecular formula is C12H11BrF2N2O. The zero-order valence-electron chi connectivity index (χ0n) is 9.57. The Morgan fingerprint density at radius 1 is 1.44 bits per heavy atom. The van der Waals surface area contributed by atoms with E-state index in [4.69, 9.17) is 0 Å². The van der Waals surface area contributed by atoms with Crippen LogP contribution in [0, 0.1) is 18.6 Å². The van der Waals surface area contributed by atoms with Crippen molar-refractivity contribution in [2.75, 3.05) is 0 Å². The number of rotatable bonds is 3. The highest BCUT2D eigenvalue weighted by Gasteiger charge is 2.15. The Morgan fingerprint density at radius 2 is 2.17 bits per heavy atom. The van der Waals surface area contributed by atoms with E-state index in [0.29, 0.717) is 0 Å². The second kappa shape index (κ2) is 5.16. The molecule has 0 amide bonds. The van der Waals surface area contributed by atoms with Crippen LogP contribution in [0.1, 0.15) is 17.4 Å². The molecule has 1 aromatic carbocycles. The fourth-order valence-corrected chi connectivity index (χ4v) is 1.95. The largest absolute Gasteiger partial charge is 0.386 e. The molecule has 0 saturated heterocycles. The van der Waals surface area contributed by atoms with Crippen molar-refractivity contribution in [3.63, 3.8) is 0 Å². The summed E-state index contributed by atoms with van der Waals surface area (Å²) in [5, 5.41) is 14.0. The SMILES string of the molecule is Cc1nn(CC(O)c2cc(F)ccc2F)cc1Br. The van der Waals surface area contributed by atoms with Crippen molar-refractivity contribution in [1.29, 1.82) is 0 Å². The summed E-state index contributed by atoms with van der Waals surface area (Å²) in [7, 11) is 0. The van der Waals surface area contributed by atoms with Crippen LogP contribution in [0.15, 0.2) is 28.9 Å². The van der Waals surface area contributed by atoms with Gasteiger partial charge in [-0.15, -0.1) is 0 Å². The molecule has 96 valence electrons. The van der Waals surface area contributed by atoms with Crippen molar-refractivity contribution in [2.45, 2.75) is 19.6 Å². The minimum Gasteiger partial charge on any atom is -0.386 e. The average Bonchev–Trinajstić information content (AvgIpc) is 2.61. The molecule has 1 atom stereocenters. The lowest BCUT2D eigenvalue weighted by molar-refractivity contribution is 0.146. The van der Waals surface area contributed by atoms with Crippen LogP contribution in [0.3, 0.4) is 0 Å². The van der Waals surface area contributed by atoms with Crippen LogP contribution in [0.4, 0.5) is 8.78 Å². The summed E-state index contributed by atoms with van der Waals surface area (Å²) in [6, 6.07) is 3.00. The molecule has 1 aromatic heterocycles. The average molecular weight is 317 g/mol. The molecule has 0 saturated carbocycles. The topological polar surface area (TPSA) is 38.0 Å². The Morgan fingerprint density at radius 3 is 2.78 bits per heavy atom. The Labute approximate surface area is 111 Å². The number of aryl methyl sites for hydroxylation is 1. The van der Waals surface area contributed by atoms with E-state index in [-0.39, 0.29) is 12.1 Å². The Bertz CT molecular complexity index is 552. The first-order valence-corrected chi connectivity index (χ1v) is 6.09. The summed E-state index contributed by atoms with van der Waals surface area (Å²) in [6.45, 7) is 1.86. The van der Waals surface area contributed by atoms with Crippen LogP contribution >= 0.6 is 15.9 Å². The van der Waals surface area contributed by atoms with E-state index >= 15 is 0 Å².